The molecule has 0 radical (unpaired) electrons. The summed E-state index contributed by atoms with van der Waals surface area (Å²) in [6, 6.07) is 8.90. The van der Waals surface area contributed by atoms with Gasteiger partial charge < -0.3 is 9.64 Å². The summed E-state index contributed by atoms with van der Waals surface area (Å²) in [5.41, 5.74) is 2.90. The number of unbranched alkanes of at least 4 members (excludes halogenated alkanes) is 3. The number of piperidine rings is 1. The summed E-state index contributed by atoms with van der Waals surface area (Å²) in [5, 5.41) is 2.09. The monoisotopic (exact) mass is 618 g/mol. The van der Waals surface area contributed by atoms with E-state index in [9.17, 15) is 24.0 Å². The fourth-order valence-electron chi connectivity index (χ4n) is 6.05. The molecule has 1 fully saturated rings. The van der Waals surface area contributed by atoms with E-state index in [1.54, 1.807) is 25.3 Å². The van der Waals surface area contributed by atoms with Crippen molar-refractivity contribution in [3.63, 3.8) is 0 Å². The molecule has 1 N–H and O–H groups in total. The second kappa shape index (κ2) is 15.4. The van der Waals surface area contributed by atoms with Crippen LogP contribution in [0.15, 0.2) is 36.5 Å². The Morgan fingerprint density at radius 3 is 2.40 bits per heavy atom. The van der Waals surface area contributed by atoms with E-state index in [2.05, 4.69) is 15.2 Å². The van der Waals surface area contributed by atoms with Crippen LogP contribution in [-0.4, -0.2) is 76.2 Å². The second-order valence-electron chi connectivity index (χ2n) is 13.2. The number of benzene rings is 1. The number of aryl methyl sites for hydroxylation is 1. The number of fused-ring (bicyclic) bond motifs is 1. The Labute approximate surface area is 265 Å². The maximum Gasteiger partial charge on any atom is 0.340 e. The predicted octanol–water partition coefficient (Wildman–Crippen LogP) is 5.06. The van der Waals surface area contributed by atoms with Crippen molar-refractivity contribution in [2.45, 2.75) is 103 Å². The Balaban J connectivity index is 1.15. The first-order valence-electron chi connectivity index (χ1n) is 16.1. The molecular weight excluding hydrogens is 572 g/mol. The minimum absolute atomic E-state index is 0.0573. The number of hydrogen-bond donors (Lipinski definition) is 1. The summed E-state index contributed by atoms with van der Waals surface area (Å²) in [5.74, 6) is -1.07. The van der Waals surface area contributed by atoms with Gasteiger partial charge in [-0.25, -0.2) is 4.79 Å². The Morgan fingerprint density at radius 2 is 1.73 bits per heavy atom. The number of carbonyl (C=O) groups excluding carboxylic acids is 5. The lowest BCUT2D eigenvalue weighted by atomic mass is 9.87. The highest BCUT2D eigenvalue weighted by atomic mass is 16.6. The van der Waals surface area contributed by atoms with Crippen LogP contribution in [0.3, 0.4) is 0 Å². The van der Waals surface area contributed by atoms with Gasteiger partial charge in [0.2, 0.25) is 12.3 Å². The van der Waals surface area contributed by atoms with Crippen molar-refractivity contribution in [1.29, 1.82) is 0 Å². The van der Waals surface area contributed by atoms with Gasteiger partial charge in [0.15, 0.2) is 0 Å². The number of rotatable bonds is 14. The minimum Gasteiger partial charge on any atom is -0.456 e. The highest BCUT2D eigenvalue weighted by molar-refractivity contribution is 6.21. The smallest absolute Gasteiger partial charge is 0.340 e. The molecular formula is C35H46N4O6. The van der Waals surface area contributed by atoms with Gasteiger partial charge in [-0.2, -0.15) is 0 Å². The lowest BCUT2D eigenvalue weighted by molar-refractivity contribution is -0.125. The lowest BCUT2D eigenvalue weighted by Gasteiger charge is -2.32. The molecule has 10 heteroatoms. The van der Waals surface area contributed by atoms with Crippen molar-refractivity contribution in [3.8, 4) is 0 Å². The number of nitrogens with one attached hydrogen (secondary N) is 1. The van der Waals surface area contributed by atoms with Crippen molar-refractivity contribution in [2.24, 2.45) is 0 Å². The summed E-state index contributed by atoms with van der Waals surface area (Å²) < 4.78 is 5.39. The molecule has 10 nitrogen and oxygen atoms in total. The van der Waals surface area contributed by atoms with Crippen LogP contribution < -0.4 is 5.32 Å². The van der Waals surface area contributed by atoms with Crippen LogP contribution >= 0.6 is 0 Å². The van der Waals surface area contributed by atoms with Crippen molar-refractivity contribution in [1.82, 2.24) is 20.1 Å². The maximum atomic E-state index is 13.2. The minimum atomic E-state index is -0.523. The Bertz CT molecular complexity index is 1380. The Kier molecular flexibility index (Phi) is 11.6. The second-order valence-corrected chi connectivity index (χ2v) is 13.2. The summed E-state index contributed by atoms with van der Waals surface area (Å²) in [6.07, 6.45) is 9.71. The normalized spacial score (nSPS) is 16.4. The number of imide groups is 2. The van der Waals surface area contributed by atoms with Gasteiger partial charge in [-0.1, -0.05) is 18.9 Å². The molecule has 1 unspecified atom stereocenters. The Morgan fingerprint density at radius 1 is 1.02 bits per heavy atom. The predicted molar refractivity (Wildman–Crippen MR) is 170 cm³/mol. The van der Waals surface area contributed by atoms with E-state index < -0.39 is 17.6 Å². The van der Waals surface area contributed by atoms with Crippen LogP contribution in [0.25, 0.3) is 0 Å². The van der Waals surface area contributed by atoms with Gasteiger partial charge in [-0.3, -0.25) is 34.4 Å². The highest BCUT2D eigenvalue weighted by Crippen LogP contribution is 2.33. The number of likely N-dealkylation sites (tertiary alicyclic amines) is 1. The molecule has 2 aromatic rings. The third-order valence-electron chi connectivity index (χ3n) is 8.57. The molecule has 45 heavy (non-hydrogen) atoms. The van der Waals surface area contributed by atoms with Crippen LogP contribution in [0.4, 0.5) is 0 Å². The quantitative estimate of drug-likeness (QED) is 0.135. The third-order valence-corrected chi connectivity index (χ3v) is 8.57. The van der Waals surface area contributed by atoms with Crippen LogP contribution in [0.5, 0.6) is 0 Å². The molecule has 1 aromatic heterocycles. The molecule has 0 bridgehead atoms. The first-order valence-corrected chi connectivity index (χ1v) is 16.1. The van der Waals surface area contributed by atoms with Crippen LogP contribution in [0.2, 0.25) is 0 Å². The van der Waals surface area contributed by atoms with E-state index in [0.717, 1.165) is 75.8 Å². The molecule has 1 atom stereocenters. The zero-order valence-corrected chi connectivity index (χ0v) is 27.0. The topological polar surface area (TPSA) is 126 Å². The van der Waals surface area contributed by atoms with Gasteiger partial charge in [0.1, 0.15) is 5.60 Å². The number of nitrogens with zero attached hydrogens (tertiary/aromatic N) is 3. The molecule has 0 saturated carbocycles. The van der Waals surface area contributed by atoms with Gasteiger partial charge in [0.05, 0.1) is 16.7 Å². The average molecular weight is 619 g/mol. The van der Waals surface area contributed by atoms with Crippen molar-refractivity contribution >= 4 is 30.1 Å². The fraction of sp³-hybridized carbons (Fsp3) is 0.543. The van der Waals surface area contributed by atoms with Gasteiger partial charge in [0, 0.05) is 24.4 Å². The molecule has 1 saturated heterocycles. The average Bonchev–Trinajstić information content (AvgIpc) is 3.26. The first kappa shape index (κ1) is 34.0. The van der Waals surface area contributed by atoms with E-state index in [-0.39, 0.29) is 24.2 Å². The third kappa shape index (κ3) is 9.29. The zero-order chi connectivity index (χ0) is 32.6. The number of esters is 1. The number of pyridine rings is 1. The van der Waals surface area contributed by atoms with E-state index in [1.807, 2.05) is 39.0 Å². The molecule has 0 aliphatic carbocycles. The number of carbonyl (C=O) groups is 5. The van der Waals surface area contributed by atoms with Gasteiger partial charge in [0.25, 0.3) is 11.8 Å². The van der Waals surface area contributed by atoms with Gasteiger partial charge in [-0.05, 0) is 122 Å². The lowest BCUT2D eigenvalue weighted by Crippen LogP contribution is -2.38. The van der Waals surface area contributed by atoms with Gasteiger partial charge in [-0.15, -0.1) is 0 Å². The van der Waals surface area contributed by atoms with Crippen LogP contribution in [-0.2, 0) is 20.7 Å². The van der Waals surface area contributed by atoms with Crippen molar-refractivity contribution in [3.05, 3.63) is 64.5 Å². The molecule has 2 aliphatic heterocycles. The molecule has 4 rings (SSSR count). The highest BCUT2D eigenvalue weighted by Gasteiger charge is 2.39. The molecule has 1 aromatic carbocycles. The summed E-state index contributed by atoms with van der Waals surface area (Å²) in [4.78, 5) is 68.6. The number of hydrogen-bond acceptors (Lipinski definition) is 8. The summed E-state index contributed by atoms with van der Waals surface area (Å²) in [7, 11) is 0. The fourth-order valence-corrected chi connectivity index (χ4v) is 6.05. The number of ether oxygens (including phenoxy) is 1. The largest absolute Gasteiger partial charge is 0.456 e. The molecule has 0 spiro atoms. The van der Waals surface area contributed by atoms with E-state index in [4.69, 9.17) is 4.74 Å². The molecule has 2 aliphatic rings. The van der Waals surface area contributed by atoms with Crippen molar-refractivity contribution in [2.75, 3.05) is 19.6 Å². The number of aromatic nitrogens is 1. The van der Waals surface area contributed by atoms with Crippen LogP contribution in [0.1, 0.15) is 127 Å². The number of amides is 4. The van der Waals surface area contributed by atoms with E-state index >= 15 is 0 Å². The standard InChI is InChI=1S/C35H46N4O6/c1-24(10-15-31(41)37-23-40)39-32(42)29-14-12-26(21-30(29)33(39)43)25-16-19-38(20-17-25)18-8-6-5-7-9-28-13-11-27(22-36-28)34(44)45-35(2,3)4/h11-14,21-25H,5-10,15-20H2,1-4H3,(H,37,40,41). The summed E-state index contributed by atoms with van der Waals surface area (Å²) >= 11 is 0. The molecule has 3 heterocycles. The SMILES string of the molecule is CC(CCC(=O)NC=O)N1C(=O)c2ccc(C3CCN(CCCCCCc4ccc(C(=O)OC(C)(C)C)cn4)CC3)cc2C1=O. The first-order chi connectivity index (χ1) is 21.5. The molecule has 242 valence electrons. The zero-order valence-electron chi connectivity index (χ0n) is 27.0. The van der Waals surface area contributed by atoms with E-state index in [1.165, 1.54) is 4.90 Å². The van der Waals surface area contributed by atoms with Gasteiger partial charge >= 0.3 is 5.97 Å². The Hall–Kier alpha value is -3.92. The maximum absolute atomic E-state index is 13.2. The molecule has 4 amide bonds. The summed E-state index contributed by atoms with van der Waals surface area (Å²) in [6.45, 7) is 10.4. The van der Waals surface area contributed by atoms with E-state index in [0.29, 0.717) is 35.4 Å². The van der Waals surface area contributed by atoms with Crippen LogP contribution in [0, 0.1) is 0 Å². The van der Waals surface area contributed by atoms with Crippen molar-refractivity contribution < 1.29 is 28.7 Å².